The van der Waals surface area contributed by atoms with Crippen LogP contribution in [0.15, 0.2) is 41.4 Å². The van der Waals surface area contributed by atoms with Gasteiger partial charge >= 0.3 is 5.97 Å². The van der Waals surface area contributed by atoms with Gasteiger partial charge in [-0.25, -0.2) is 0 Å². The first-order chi connectivity index (χ1) is 13.8. The van der Waals surface area contributed by atoms with Crippen molar-refractivity contribution < 1.29 is 19.2 Å². The second kappa shape index (κ2) is 8.73. The van der Waals surface area contributed by atoms with E-state index < -0.39 is 16.8 Å². The first-order valence-corrected chi connectivity index (χ1v) is 9.85. The molecule has 11 heteroatoms. The molecule has 0 atom stereocenters. The van der Waals surface area contributed by atoms with Crippen LogP contribution in [0.2, 0.25) is 10.0 Å². The number of halogens is 2. The number of carbonyl (C=O) groups excluding carboxylic acids is 2. The summed E-state index contributed by atoms with van der Waals surface area (Å²) in [6.07, 6.45) is 0. The number of amides is 1. The molecule has 3 rings (SSSR count). The second-order valence-corrected chi connectivity index (χ2v) is 7.58. The van der Waals surface area contributed by atoms with Crippen LogP contribution >= 0.6 is 34.5 Å². The third-order valence-electron chi connectivity index (χ3n) is 3.83. The Morgan fingerprint density at radius 3 is 2.66 bits per heavy atom. The summed E-state index contributed by atoms with van der Waals surface area (Å²) in [4.78, 5) is 39.5. The van der Waals surface area contributed by atoms with Gasteiger partial charge < -0.3 is 9.30 Å². The molecule has 2 aromatic carbocycles. The minimum Gasteiger partial charge on any atom is -0.465 e. The maximum Gasteiger partial charge on any atom is 0.326 e. The molecule has 0 saturated heterocycles. The molecular formula is C18H13Cl2N3O5S. The highest BCUT2D eigenvalue weighted by atomic mass is 35.5. The van der Waals surface area contributed by atoms with Gasteiger partial charge in [0.05, 0.1) is 32.3 Å². The van der Waals surface area contributed by atoms with Gasteiger partial charge in [-0.3, -0.25) is 19.7 Å². The summed E-state index contributed by atoms with van der Waals surface area (Å²) in [5, 5.41) is 11.6. The Labute approximate surface area is 178 Å². The van der Waals surface area contributed by atoms with Crippen LogP contribution in [0.3, 0.4) is 0 Å². The molecule has 1 amide bonds. The van der Waals surface area contributed by atoms with Gasteiger partial charge in [0, 0.05) is 17.2 Å². The average molecular weight is 454 g/mol. The van der Waals surface area contributed by atoms with Crippen LogP contribution in [0.4, 0.5) is 5.69 Å². The molecule has 3 aromatic rings. The number of esters is 1. The minimum atomic E-state index is -0.634. The molecule has 0 aliphatic carbocycles. The Balaban J connectivity index is 2.16. The molecule has 0 spiro atoms. The van der Waals surface area contributed by atoms with E-state index in [1.54, 1.807) is 13.0 Å². The first-order valence-electron chi connectivity index (χ1n) is 8.27. The molecule has 0 N–H and O–H groups in total. The van der Waals surface area contributed by atoms with Gasteiger partial charge in [-0.2, -0.15) is 4.99 Å². The summed E-state index contributed by atoms with van der Waals surface area (Å²) in [5.41, 5.74) is 0.389. The molecular weight excluding hydrogens is 441 g/mol. The number of nitro benzene ring substituents is 1. The van der Waals surface area contributed by atoms with Crippen molar-refractivity contribution in [3.05, 3.63) is 66.9 Å². The third kappa shape index (κ3) is 4.64. The van der Waals surface area contributed by atoms with Crippen molar-refractivity contribution >= 4 is 62.3 Å². The minimum absolute atomic E-state index is 0.139. The number of nitro groups is 1. The summed E-state index contributed by atoms with van der Waals surface area (Å²) in [6, 6.07) is 8.59. The fourth-order valence-electron chi connectivity index (χ4n) is 2.55. The highest BCUT2D eigenvalue weighted by molar-refractivity contribution is 7.16. The Morgan fingerprint density at radius 1 is 1.24 bits per heavy atom. The van der Waals surface area contributed by atoms with Crippen molar-refractivity contribution in [3.63, 3.8) is 0 Å². The molecule has 1 heterocycles. The second-order valence-electron chi connectivity index (χ2n) is 5.73. The van der Waals surface area contributed by atoms with Crippen LogP contribution in [-0.2, 0) is 16.1 Å². The number of hydrogen-bond donors (Lipinski definition) is 0. The highest BCUT2D eigenvalue weighted by Gasteiger charge is 2.17. The summed E-state index contributed by atoms with van der Waals surface area (Å²) >= 11 is 13.0. The zero-order valence-electron chi connectivity index (χ0n) is 14.9. The highest BCUT2D eigenvalue weighted by Crippen LogP contribution is 2.24. The maximum atomic E-state index is 12.6. The van der Waals surface area contributed by atoms with Crippen LogP contribution in [0.1, 0.15) is 17.3 Å². The van der Waals surface area contributed by atoms with E-state index in [4.69, 9.17) is 27.9 Å². The quantitative estimate of drug-likeness (QED) is 0.326. The number of rotatable bonds is 5. The van der Waals surface area contributed by atoms with Crippen LogP contribution < -0.4 is 4.80 Å². The van der Waals surface area contributed by atoms with Gasteiger partial charge in [-0.15, -0.1) is 0 Å². The molecule has 150 valence electrons. The largest absolute Gasteiger partial charge is 0.465 e. The number of benzene rings is 2. The smallest absolute Gasteiger partial charge is 0.326 e. The zero-order chi connectivity index (χ0) is 21.1. The van der Waals surface area contributed by atoms with Gasteiger partial charge in [0.2, 0.25) is 0 Å². The fourth-order valence-corrected chi connectivity index (χ4v) is 4.05. The predicted molar refractivity (Wildman–Crippen MR) is 109 cm³/mol. The van der Waals surface area contributed by atoms with E-state index in [0.717, 1.165) is 11.3 Å². The van der Waals surface area contributed by atoms with E-state index in [1.165, 1.54) is 34.9 Å². The third-order valence-corrected chi connectivity index (χ3v) is 5.43. The van der Waals surface area contributed by atoms with E-state index in [1.807, 2.05) is 0 Å². The normalized spacial score (nSPS) is 11.6. The molecule has 1 aromatic heterocycles. The van der Waals surface area contributed by atoms with E-state index in [9.17, 15) is 19.7 Å². The fraction of sp³-hybridized carbons (Fsp3) is 0.167. The SMILES string of the molecule is CCOC(=O)Cn1c(=NC(=O)c2ccc(Cl)cc2Cl)sc2ccc([N+](=O)[O-])cc21. The van der Waals surface area contributed by atoms with Crippen molar-refractivity contribution in [1.29, 1.82) is 0 Å². The Hall–Kier alpha value is -2.75. The standard InChI is InChI=1S/C18H13Cl2N3O5S/c1-2-28-16(24)9-22-14-8-11(23(26)27)4-6-15(14)29-18(22)21-17(25)12-5-3-10(19)7-13(12)20/h3-8H,2,9H2,1H3. The monoisotopic (exact) mass is 453 g/mol. The summed E-state index contributed by atoms with van der Waals surface area (Å²) in [7, 11) is 0. The molecule has 29 heavy (non-hydrogen) atoms. The van der Waals surface area contributed by atoms with Crippen LogP contribution in [0.5, 0.6) is 0 Å². The molecule has 0 unspecified atom stereocenters. The zero-order valence-corrected chi connectivity index (χ0v) is 17.3. The molecule has 0 radical (unpaired) electrons. The Kier molecular flexibility index (Phi) is 6.31. The van der Waals surface area contributed by atoms with Crippen molar-refractivity contribution in [2.75, 3.05) is 6.61 Å². The van der Waals surface area contributed by atoms with Crippen molar-refractivity contribution in [1.82, 2.24) is 4.57 Å². The lowest BCUT2D eigenvalue weighted by atomic mass is 10.2. The van der Waals surface area contributed by atoms with Gasteiger partial charge in [0.15, 0.2) is 4.80 Å². The van der Waals surface area contributed by atoms with E-state index in [-0.39, 0.29) is 34.2 Å². The first kappa shape index (κ1) is 21.0. The van der Waals surface area contributed by atoms with Gasteiger partial charge in [-0.05, 0) is 31.2 Å². The number of non-ortho nitro benzene ring substituents is 1. The molecule has 8 nitrogen and oxygen atoms in total. The van der Waals surface area contributed by atoms with Gasteiger partial charge in [0.1, 0.15) is 6.54 Å². The van der Waals surface area contributed by atoms with Crippen LogP contribution in [0, 0.1) is 10.1 Å². The lowest BCUT2D eigenvalue weighted by Gasteiger charge is -2.05. The van der Waals surface area contributed by atoms with Crippen LogP contribution in [-0.4, -0.2) is 28.0 Å². The molecule has 0 fully saturated rings. The van der Waals surface area contributed by atoms with Crippen molar-refractivity contribution in [3.8, 4) is 0 Å². The number of hydrogen-bond acceptors (Lipinski definition) is 6. The summed E-state index contributed by atoms with van der Waals surface area (Å²) < 4.78 is 7.00. The summed E-state index contributed by atoms with van der Waals surface area (Å²) in [6.45, 7) is 1.58. The van der Waals surface area contributed by atoms with E-state index >= 15 is 0 Å². The van der Waals surface area contributed by atoms with Crippen molar-refractivity contribution in [2.45, 2.75) is 13.5 Å². The van der Waals surface area contributed by atoms with Gasteiger partial charge in [0.25, 0.3) is 11.6 Å². The lowest BCUT2D eigenvalue weighted by Crippen LogP contribution is -2.23. The lowest BCUT2D eigenvalue weighted by molar-refractivity contribution is -0.384. The maximum absolute atomic E-state index is 12.6. The molecule has 0 aliphatic heterocycles. The molecule has 0 bridgehead atoms. The number of fused-ring (bicyclic) bond motifs is 1. The number of ether oxygens (including phenoxy) is 1. The molecule has 0 saturated carbocycles. The van der Waals surface area contributed by atoms with Crippen LogP contribution in [0.25, 0.3) is 10.2 Å². The Bertz CT molecular complexity index is 1200. The Morgan fingerprint density at radius 2 is 2.00 bits per heavy atom. The van der Waals surface area contributed by atoms with E-state index in [2.05, 4.69) is 4.99 Å². The molecule has 0 aliphatic rings. The van der Waals surface area contributed by atoms with E-state index in [0.29, 0.717) is 15.2 Å². The van der Waals surface area contributed by atoms with Gasteiger partial charge in [-0.1, -0.05) is 34.5 Å². The number of thiazole rings is 1. The summed E-state index contributed by atoms with van der Waals surface area (Å²) in [5.74, 6) is -1.19. The number of aromatic nitrogens is 1. The average Bonchev–Trinajstić information content (AvgIpc) is 2.98. The number of carbonyl (C=O) groups is 2. The number of nitrogens with zero attached hydrogens (tertiary/aromatic N) is 3. The topological polar surface area (TPSA) is 104 Å². The predicted octanol–water partition coefficient (Wildman–Crippen LogP) is 4.22. The van der Waals surface area contributed by atoms with Crippen molar-refractivity contribution in [2.24, 2.45) is 4.99 Å².